The Morgan fingerprint density at radius 3 is 2.79 bits per heavy atom. The van der Waals surface area contributed by atoms with Gasteiger partial charge in [0.1, 0.15) is 18.4 Å². The summed E-state index contributed by atoms with van der Waals surface area (Å²) in [5, 5.41) is 11.2. The van der Waals surface area contributed by atoms with Gasteiger partial charge in [0.2, 0.25) is 0 Å². The first-order valence-electron chi connectivity index (χ1n) is 11.5. The maximum Gasteiger partial charge on any atom is 0.262 e. The van der Waals surface area contributed by atoms with Crippen LogP contribution in [0.2, 0.25) is 0 Å². The number of rotatable bonds is 5. The number of hydrazone groups is 1. The zero-order chi connectivity index (χ0) is 23.2. The predicted molar refractivity (Wildman–Crippen MR) is 130 cm³/mol. The first-order chi connectivity index (χ1) is 15.8. The van der Waals surface area contributed by atoms with E-state index in [1.54, 1.807) is 0 Å². The predicted octanol–water partition coefficient (Wildman–Crippen LogP) is 3.08. The first kappa shape index (κ1) is 21.7. The minimum Gasteiger partial charge on any atom is -0.483 e. The van der Waals surface area contributed by atoms with Crippen LogP contribution in [0.1, 0.15) is 33.3 Å². The number of hydrogen-bond donors (Lipinski definition) is 3. The van der Waals surface area contributed by atoms with Crippen molar-refractivity contribution in [1.82, 2.24) is 10.7 Å². The molecule has 3 aliphatic rings. The number of amidine groups is 1. The van der Waals surface area contributed by atoms with Crippen LogP contribution in [0, 0.1) is 0 Å². The molecule has 3 heterocycles. The van der Waals surface area contributed by atoms with Crippen LogP contribution in [0.3, 0.4) is 0 Å². The fraction of sp³-hybridized carbons (Fsp3) is 0.440. The number of amides is 1. The maximum absolute atomic E-state index is 12.3. The molecule has 174 valence electrons. The Kier molecular flexibility index (Phi) is 5.50. The molecule has 0 aromatic heterocycles. The molecule has 5 rings (SSSR count). The summed E-state index contributed by atoms with van der Waals surface area (Å²) >= 11 is 0. The molecule has 8 heteroatoms. The number of fused-ring (bicyclic) bond motifs is 3. The highest BCUT2D eigenvalue weighted by molar-refractivity contribution is 6.10. The Labute approximate surface area is 194 Å². The number of hydrogen-bond acceptors (Lipinski definition) is 7. The van der Waals surface area contributed by atoms with Crippen molar-refractivity contribution < 1.29 is 14.3 Å². The molecule has 2 aromatic rings. The molecule has 2 aromatic carbocycles. The van der Waals surface area contributed by atoms with E-state index in [1.807, 2.05) is 11.8 Å². The van der Waals surface area contributed by atoms with Crippen molar-refractivity contribution in [3.05, 3.63) is 42.0 Å². The van der Waals surface area contributed by atoms with E-state index < -0.39 is 0 Å². The average molecular weight is 450 g/mol. The third-order valence-corrected chi connectivity index (χ3v) is 6.11. The number of nitrogens with zero attached hydrogens (tertiary/aromatic N) is 2. The molecule has 3 N–H and O–H groups in total. The summed E-state index contributed by atoms with van der Waals surface area (Å²) in [5.74, 6) is 1.33. The Bertz CT molecular complexity index is 1100. The van der Waals surface area contributed by atoms with Gasteiger partial charge >= 0.3 is 0 Å². The molecule has 0 radical (unpaired) electrons. The summed E-state index contributed by atoms with van der Waals surface area (Å²) in [6.07, 6.45) is 0. The topological polar surface area (TPSA) is 87.2 Å². The van der Waals surface area contributed by atoms with Gasteiger partial charge in [-0.2, -0.15) is 5.10 Å². The molecule has 3 aliphatic heterocycles. The van der Waals surface area contributed by atoms with Gasteiger partial charge in [-0.25, -0.2) is 5.43 Å². The van der Waals surface area contributed by atoms with Gasteiger partial charge in [0.05, 0.1) is 23.9 Å². The second kappa shape index (κ2) is 8.35. The van der Waals surface area contributed by atoms with Crippen molar-refractivity contribution in [2.75, 3.05) is 29.9 Å². The van der Waals surface area contributed by atoms with Crippen LogP contribution in [0.15, 0.2) is 41.5 Å². The molecule has 1 amide bonds. The minimum atomic E-state index is -0.359. The summed E-state index contributed by atoms with van der Waals surface area (Å²) in [7, 11) is 0. The van der Waals surface area contributed by atoms with E-state index in [0.717, 1.165) is 46.9 Å². The van der Waals surface area contributed by atoms with Crippen molar-refractivity contribution in [3.63, 3.8) is 0 Å². The molecule has 1 unspecified atom stereocenters. The Morgan fingerprint density at radius 2 is 2.06 bits per heavy atom. The second-order valence-electron chi connectivity index (χ2n) is 9.81. The highest BCUT2D eigenvalue weighted by Gasteiger charge is 2.36. The highest BCUT2D eigenvalue weighted by Crippen LogP contribution is 2.43. The zero-order valence-corrected chi connectivity index (χ0v) is 19.6. The third-order valence-electron chi connectivity index (χ3n) is 6.11. The van der Waals surface area contributed by atoms with Crippen LogP contribution < -0.4 is 25.7 Å². The Morgan fingerprint density at radius 1 is 1.24 bits per heavy atom. The second-order valence-corrected chi connectivity index (χ2v) is 9.81. The lowest BCUT2D eigenvalue weighted by atomic mass is 9.98. The van der Waals surface area contributed by atoms with Crippen LogP contribution in [-0.4, -0.2) is 49.1 Å². The Balaban J connectivity index is 1.55. The average Bonchev–Trinajstić information content (AvgIpc) is 2.76. The van der Waals surface area contributed by atoms with Crippen LogP contribution in [0.4, 0.5) is 11.4 Å². The van der Waals surface area contributed by atoms with E-state index >= 15 is 0 Å². The fourth-order valence-electron chi connectivity index (χ4n) is 4.17. The Hall–Kier alpha value is -3.10. The van der Waals surface area contributed by atoms with Gasteiger partial charge in [0, 0.05) is 24.3 Å². The van der Waals surface area contributed by atoms with E-state index in [4.69, 9.17) is 9.47 Å². The van der Waals surface area contributed by atoms with E-state index in [1.165, 1.54) is 0 Å². The summed E-state index contributed by atoms with van der Waals surface area (Å²) in [5.41, 5.74) is 7.53. The van der Waals surface area contributed by atoms with Crippen molar-refractivity contribution in [3.8, 4) is 16.9 Å². The van der Waals surface area contributed by atoms with Crippen molar-refractivity contribution in [2.24, 2.45) is 5.10 Å². The van der Waals surface area contributed by atoms with Gasteiger partial charge in [-0.3, -0.25) is 4.79 Å². The van der Waals surface area contributed by atoms with E-state index in [2.05, 4.69) is 78.3 Å². The van der Waals surface area contributed by atoms with Crippen molar-refractivity contribution in [1.29, 1.82) is 0 Å². The lowest BCUT2D eigenvalue weighted by molar-refractivity contribution is -0.122. The number of carbonyl (C=O) groups excluding carboxylic acids is 1. The summed E-state index contributed by atoms with van der Waals surface area (Å²) in [6.45, 7) is 10.8. The SMILES string of the molecule is CC1C(=O)NN=C2COc3cc(-c4cccc(COC(C)(C)C)c4)c(NC4CNC4)cc3N21. The molecule has 1 saturated heterocycles. The molecule has 0 saturated carbocycles. The van der Waals surface area contributed by atoms with Crippen LogP contribution in [-0.2, 0) is 16.1 Å². The summed E-state index contributed by atoms with van der Waals surface area (Å²) in [4.78, 5) is 14.3. The quantitative estimate of drug-likeness (QED) is 0.650. The minimum absolute atomic E-state index is 0.125. The van der Waals surface area contributed by atoms with Crippen LogP contribution >= 0.6 is 0 Å². The van der Waals surface area contributed by atoms with Gasteiger partial charge in [0.15, 0.2) is 5.84 Å². The normalized spacial score (nSPS) is 20.1. The molecule has 1 fully saturated rings. The van der Waals surface area contributed by atoms with E-state index in [0.29, 0.717) is 25.1 Å². The molecule has 0 bridgehead atoms. The van der Waals surface area contributed by atoms with Gasteiger partial charge in [0.25, 0.3) is 5.91 Å². The molecule has 0 spiro atoms. The summed E-state index contributed by atoms with van der Waals surface area (Å²) in [6, 6.07) is 12.6. The number of anilines is 2. The molecular formula is C25H31N5O3. The van der Waals surface area contributed by atoms with Gasteiger partial charge in [-0.15, -0.1) is 0 Å². The molecule has 33 heavy (non-hydrogen) atoms. The highest BCUT2D eigenvalue weighted by atomic mass is 16.5. The largest absolute Gasteiger partial charge is 0.483 e. The number of ether oxygens (including phenoxy) is 2. The van der Waals surface area contributed by atoms with E-state index in [9.17, 15) is 4.79 Å². The molecular weight excluding hydrogens is 418 g/mol. The zero-order valence-electron chi connectivity index (χ0n) is 19.6. The molecule has 0 aliphatic carbocycles. The molecule has 1 atom stereocenters. The van der Waals surface area contributed by atoms with Crippen LogP contribution in [0.5, 0.6) is 5.75 Å². The van der Waals surface area contributed by atoms with Crippen molar-refractivity contribution >= 4 is 23.1 Å². The monoisotopic (exact) mass is 449 g/mol. The maximum atomic E-state index is 12.3. The standard InChI is InChI=1S/C25H31N5O3/c1-15-24(31)29-28-23-14-32-22-9-19(17-7-5-6-16(8-17)13-33-25(2,3)4)20(10-21(22)30(15)23)27-18-11-26-12-18/h5-10,15,18,26-27H,11-14H2,1-4H3,(H,29,31). The third kappa shape index (κ3) is 4.41. The van der Waals surface area contributed by atoms with E-state index in [-0.39, 0.29) is 17.6 Å². The first-order valence-corrected chi connectivity index (χ1v) is 11.5. The number of nitrogens with one attached hydrogen (secondary N) is 3. The number of carbonyl (C=O) groups is 1. The molecule has 8 nitrogen and oxygen atoms in total. The number of benzene rings is 2. The van der Waals surface area contributed by atoms with Gasteiger partial charge in [-0.1, -0.05) is 18.2 Å². The van der Waals surface area contributed by atoms with Gasteiger partial charge < -0.3 is 25.0 Å². The lowest BCUT2D eigenvalue weighted by Gasteiger charge is -2.39. The van der Waals surface area contributed by atoms with Gasteiger partial charge in [-0.05, 0) is 57.0 Å². The smallest absolute Gasteiger partial charge is 0.262 e. The lowest BCUT2D eigenvalue weighted by Crippen LogP contribution is -2.55. The van der Waals surface area contributed by atoms with Crippen molar-refractivity contribution in [2.45, 2.75) is 52.0 Å². The summed E-state index contributed by atoms with van der Waals surface area (Å²) < 4.78 is 12.1. The van der Waals surface area contributed by atoms with Crippen LogP contribution in [0.25, 0.3) is 11.1 Å². The fourth-order valence-corrected chi connectivity index (χ4v) is 4.17.